The topological polar surface area (TPSA) is 67.2 Å². The molecule has 3 aliphatic carbocycles. The van der Waals surface area contributed by atoms with Crippen LogP contribution < -0.4 is 16.6 Å². The number of fused-ring (bicyclic) bond motifs is 3. The summed E-state index contributed by atoms with van der Waals surface area (Å²) in [6, 6.07) is 0.874. The van der Waals surface area contributed by atoms with E-state index in [1.165, 1.54) is 25.7 Å². The van der Waals surface area contributed by atoms with Crippen molar-refractivity contribution in [1.29, 1.82) is 0 Å². The third kappa shape index (κ3) is 1.42. The van der Waals surface area contributed by atoms with Gasteiger partial charge in [-0.05, 0) is 55.8 Å². The van der Waals surface area contributed by atoms with Gasteiger partial charge in [0.15, 0.2) is 0 Å². The first-order chi connectivity index (χ1) is 8.75. The molecule has 18 heavy (non-hydrogen) atoms. The van der Waals surface area contributed by atoms with Crippen LogP contribution in [-0.2, 0) is 4.79 Å². The van der Waals surface area contributed by atoms with Gasteiger partial charge in [-0.2, -0.15) is 0 Å². The second-order valence-electron chi connectivity index (χ2n) is 6.84. The van der Waals surface area contributed by atoms with Gasteiger partial charge in [-0.25, -0.2) is 5.43 Å². The lowest BCUT2D eigenvalue weighted by Crippen LogP contribution is -2.60. The average molecular weight is 249 g/mol. The van der Waals surface area contributed by atoms with Crippen LogP contribution in [0.25, 0.3) is 0 Å². The van der Waals surface area contributed by atoms with Gasteiger partial charge in [0.2, 0.25) is 5.91 Å². The average Bonchev–Trinajstić information content (AvgIpc) is 2.69. The molecular formula is C14H23N3O. The summed E-state index contributed by atoms with van der Waals surface area (Å²) in [5, 5.41) is 0. The van der Waals surface area contributed by atoms with Crippen molar-refractivity contribution >= 4 is 5.91 Å². The molecule has 0 radical (unpaired) electrons. The zero-order valence-electron chi connectivity index (χ0n) is 10.8. The van der Waals surface area contributed by atoms with Crippen LogP contribution in [0.3, 0.4) is 0 Å². The third-order valence-electron chi connectivity index (χ3n) is 6.13. The Balaban J connectivity index is 1.68. The molecule has 4 heteroatoms. The minimum atomic E-state index is 0.240. The van der Waals surface area contributed by atoms with Crippen molar-refractivity contribution in [3.8, 4) is 0 Å². The van der Waals surface area contributed by atoms with E-state index in [-0.39, 0.29) is 11.8 Å². The summed E-state index contributed by atoms with van der Waals surface area (Å²) in [5.41, 5.74) is 12.4. The first-order valence-electron chi connectivity index (χ1n) is 7.56. The molecule has 1 amide bonds. The van der Waals surface area contributed by atoms with Crippen LogP contribution in [0.1, 0.15) is 38.5 Å². The maximum atomic E-state index is 12.0. The van der Waals surface area contributed by atoms with E-state index in [0.29, 0.717) is 23.9 Å². The molecule has 1 saturated heterocycles. The fourth-order valence-corrected chi connectivity index (χ4v) is 5.52. The van der Waals surface area contributed by atoms with Crippen LogP contribution >= 0.6 is 0 Å². The van der Waals surface area contributed by atoms with Gasteiger partial charge >= 0.3 is 0 Å². The van der Waals surface area contributed by atoms with E-state index < -0.39 is 0 Å². The molecule has 7 atom stereocenters. The molecule has 7 unspecified atom stereocenters. The quantitative estimate of drug-likeness (QED) is 0.594. The van der Waals surface area contributed by atoms with E-state index in [9.17, 15) is 4.79 Å². The van der Waals surface area contributed by atoms with Crippen molar-refractivity contribution in [3.63, 3.8) is 0 Å². The van der Waals surface area contributed by atoms with Gasteiger partial charge in [-0.15, -0.1) is 0 Å². The number of hydrogen-bond donors (Lipinski definition) is 3. The number of carbonyl (C=O) groups is 1. The van der Waals surface area contributed by atoms with Gasteiger partial charge in [0, 0.05) is 18.0 Å². The number of nitrogens with two attached hydrogens (primary N) is 1. The van der Waals surface area contributed by atoms with Crippen molar-refractivity contribution in [3.05, 3.63) is 0 Å². The van der Waals surface area contributed by atoms with E-state index in [0.717, 1.165) is 24.7 Å². The number of carbonyl (C=O) groups excluding carboxylic acids is 1. The maximum absolute atomic E-state index is 12.0. The SMILES string of the molecule is NC1CCC2C(C1)C1NNC(=O)C3CCCC2C31. The van der Waals surface area contributed by atoms with E-state index in [2.05, 4.69) is 10.9 Å². The lowest BCUT2D eigenvalue weighted by Gasteiger charge is -2.41. The van der Waals surface area contributed by atoms with Crippen LogP contribution in [0.15, 0.2) is 0 Å². The minimum Gasteiger partial charge on any atom is -0.328 e. The van der Waals surface area contributed by atoms with E-state index in [1.54, 1.807) is 0 Å². The zero-order valence-corrected chi connectivity index (χ0v) is 10.8. The van der Waals surface area contributed by atoms with Gasteiger partial charge in [0.25, 0.3) is 0 Å². The smallest absolute Gasteiger partial charge is 0.237 e. The predicted octanol–water partition coefficient (Wildman–Crippen LogP) is 0.779. The Bertz CT molecular complexity index is 372. The first kappa shape index (κ1) is 11.2. The lowest BCUT2D eigenvalue weighted by molar-refractivity contribution is -0.134. The van der Waals surface area contributed by atoms with Crippen molar-refractivity contribution < 1.29 is 4.79 Å². The summed E-state index contributed by atoms with van der Waals surface area (Å²) in [6.07, 6.45) is 7.29. The Hall–Kier alpha value is -0.610. The molecule has 0 aromatic heterocycles. The highest BCUT2D eigenvalue weighted by Gasteiger charge is 2.57. The molecule has 4 rings (SSSR count). The second-order valence-corrected chi connectivity index (χ2v) is 6.84. The largest absolute Gasteiger partial charge is 0.328 e. The Kier molecular flexibility index (Phi) is 2.46. The fraction of sp³-hybridized carbons (Fsp3) is 0.929. The lowest BCUT2D eigenvalue weighted by atomic mass is 9.68. The van der Waals surface area contributed by atoms with Crippen LogP contribution in [0.5, 0.6) is 0 Å². The molecule has 0 bridgehead atoms. The summed E-state index contributed by atoms with van der Waals surface area (Å²) in [7, 11) is 0. The molecule has 4 aliphatic rings. The van der Waals surface area contributed by atoms with E-state index in [4.69, 9.17) is 5.73 Å². The van der Waals surface area contributed by atoms with Crippen molar-refractivity contribution in [2.75, 3.05) is 0 Å². The Labute approximate surface area is 108 Å². The molecule has 4 nitrogen and oxygen atoms in total. The van der Waals surface area contributed by atoms with Gasteiger partial charge < -0.3 is 5.73 Å². The highest BCUT2D eigenvalue weighted by molar-refractivity contribution is 5.79. The molecule has 0 spiro atoms. The van der Waals surface area contributed by atoms with E-state index in [1.807, 2.05) is 0 Å². The van der Waals surface area contributed by atoms with Crippen LogP contribution in [0.4, 0.5) is 0 Å². The highest BCUT2D eigenvalue weighted by Crippen LogP contribution is 2.56. The molecule has 1 heterocycles. The van der Waals surface area contributed by atoms with Gasteiger partial charge in [0.1, 0.15) is 0 Å². The number of rotatable bonds is 0. The molecule has 0 aromatic rings. The zero-order chi connectivity index (χ0) is 12.3. The Morgan fingerprint density at radius 2 is 1.94 bits per heavy atom. The third-order valence-corrected chi connectivity index (χ3v) is 6.13. The van der Waals surface area contributed by atoms with Gasteiger partial charge in [-0.1, -0.05) is 6.42 Å². The van der Waals surface area contributed by atoms with Gasteiger partial charge in [0.05, 0.1) is 0 Å². The summed E-state index contributed by atoms with van der Waals surface area (Å²) < 4.78 is 0. The number of nitrogens with one attached hydrogen (secondary N) is 2. The fourth-order valence-electron chi connectivity index (χ4n) is 5.52. The maximum Gasteiger partial charge on any atom is 0.237 e. The molecule has 100 valence electrons. The molecule has 4 N–H and O–H groups in total. The number of amides is 1. The number of hydrazine groups is 1. The van der Waals surface area contributed by atoms with Crippen molar-refractivity contribution in [2.45, 2.75) is 50.6 Å². The van der Waals surface area contributed by atoms with Crippen molar-refractivity contribution in [1.82, 2.24) is 10.9 Å². The molecular weight excluding hydrogens is 226 g/mol. The molecule has 3 saturated carbocycles. The normalized spacial score (nSPS) is 54.5. The number of hydrogen-bond acceptors (Lipinski definition) is 3. The Morgan fingerprint density at radius 3 is 2.83 bits per heavy atom. The van der Waals surface area contributed by atoms with Crippen molar-refractivity contribution in [2.24, 2.45) is 35.3 Å². The first-order valence-corrected chi connectivity index (χ1v) is 7.56. The standard InChI is InChI=1S/C14H23N3O/c15-7-4-5-8-9-2-1-3-10-12(9)13(11(8)6-7)16-17-14(10)18/h7-13,16H,1-6,15H2,(H,17,18). The Morgan fingerprint density at radius 1 is 1.06 bits per heavy atom. The predicted molar refractivity (Wildman–Crippen MR) is 68.2 cm³/mol. The monoisotopic (exact) mass is 249 g/mol. The van der Waals surface area contributed by atoms with Crippen LogP contribution in [0.2, 0.25) is 0 Å². The van der Waals surface area contributed by atoms with E-state index >= 15 is 0 Å². The van der Waals surface area contributed by atoms with Crippen LogP contribution in [0, 0.1) is 29.6 Å². The molecule has 0 aromatic carbocycles. The molecule has 4 fully saturated rings. The minimum absolute atomic E-state index is 0.240. The summed E-state index contributed by atoms with van der Waals surface area (Å²) >= 11 is 0. The summed E-state index contributed by atoms with van der Waals surface area (Å²) in [6.45, 7) is 0. The summed E-state index contributed by atoms with van der Waals surface area (Å²) in [4.78, 5) is 12.0. The van der Waals surface area contributed by atoms with Gasteiger partial charge in [-0.3, -0.25) is 10.2 Å². The van der Waals surface area contributed by atoms with Crippen LogP contribution in [-0.4, -0.2) is 18.0 Å². The molecule has 1 aliphatic heterocycles. The second kappa shape index (κ2) is 3.94. The highest BCUT2D eigenvalue weighted by atomic mass is 16.2. The summed E-state index contributed by atoms with van der Waals surface area (Å²) in [5.74, 6) is 3.41.